The van der Waals surface area contributed by atoms with Crippen LogP contribution in [0.4, 0.5) is 5.82 Å². The summed E-state index contributed by atoms with van der Waals surface area (Å²) in [5, 5.41) is 0.967. The Kier molecular flexibility index (Phi) is 3.35. The number of nitrogens with two attached hydrogens (primary N) is 1. The van der Waals surface area contributed by atoms with Crippen LogP contribution in [0.15, 0.2) is 6.33 Å². The van der Waals surface area contributed by atoms with Gasteiger partial charge in [-0.2, -0.15) is 0 Å². The third-order valence-electron chi connectivity index (χ3n) is 4.16. The maximum absolute atomic E-state index is 5.99. The molecule has 108 valence electrons. The van der Waals surface area contributed by atoms with Crippen LogP contribution in [0.25, 0.3) is 11.0 Å². The van der Waals surface area contributed by atoms with Crippen LogP contribution in [-0.2, 0) is 11.3 Å². The summed E-state index contributed by atoms with van der Waals surface area (Å²) in [4.78, 5) is 10.8. The zero-order valence-corrected chi connectivity index (χ0v) is 12.3. The number of hydrogen-bond acceptors (Lipinski definition) is 5. The Hall–Kier alpha value is -1.66. The Morgan fingerprint density at radius 1 is 1.40 bits per heavy atom. The maximum Gasteiger partial charge on any atom is 0.146 e. The number of nitrogen functional groups attached to an aromatic ring is 1. The first-order valence-electron chi connectivity index (χ1n) is 6.94. The molecular weight excluding hydrogens is 254 g/mol. The Morgan fingerprint density at radius 2 is 2.20 bits per heavy atom. The lowest BCUT2D eigenvalue weighted by molar-refractivity contribution is -0.0271. The van der Waals surface area contributed by atoms with E-state index in [4.69, 9.17) is 10.5 Å². The summed E-state index contributed by atoms with van der Waals surface area (Å²) in [7, 11) is 2.13. The number of ether oxygens (including phenoxy) is 1. The van der Waals surface area contributed by atoms with Crippen molar-refractivity contribution in [2.75, 3.05) is 32.5 Å². The number of fused-ring (bicyclic) bond motifs is 1. The minimum Gasteiger partial charge on any atom is -0.383 e. The molecule has 20 heavy (non-hydrogen) atoms. The van der Waals surface area contributed by atoms with Gasteiger partial charge in [0.25, 0.3) is 0 Å². The topological polar surface area (TPSA) is 69.2 Å². The second-order valence-electron chi connectivity index (χ2n) is 5.53. The average Bonchev–Trinajstić information content (AvgIpc) is 2.65. The SMILES string of the molecule is Cc1c(C)n(CC2CN(C)CCO2)c2ncnc(N)c12. The molecule has 1 atom stereocenters. The lowest BCUT2D eigenvalue weighted by Gasteiger charge is -2.30. The van der Waals surface area contributed by atoms with E-state index in [2.05, 4.69) is 40.3 Å². The van der Waals surface area contributed by atoms with Gasteiger partial charge in [0.05, 0.1) is 24.6 Å². The van der Waals surface area contributed by atoms with Gasteiger partial charge in [0.15, 0.2) is 0 Å². The van der Waals surface area contributed by atoms with E-state index < -0.39 is 0 Å². The van der Waals surface area contributed by atoms with Crippen molar-refractivity contribution in [2.45, 2.75) is 26.5 Å². The van der Waals surface area contributed by atoms with Gasteiger partial charge in [0.1, 0.15) is 17.8 Å². The quantitative estimate of drug-likeness (QED) is 0.884. The van der Waals surface area contributed by atoms with Gasteiger partial charge in [-0.3, -0.25) is 0 Å². The second kappa shape index (κ2) is 5.03. The van der Waals surface area contributed by atoms with Crippen LogP contribution in [-0.4, -0.2) is 52.3 Å². The fourth-order valence-electron chi connectivity index (χ4n) is 2.90. The van der Waals surface area contributed by atoms with Crippen LogP contribution in [0.1, 0.15) is 11.3 Å². The lowest BCUT2D eigenvalue weighted by atomic mass is 10.2. The normalized spacial score (nSPS) is 20.6. The molecule has 1 aliphatic rings. The van der Waals surface area contributed by atoms with Crippen molar-refractivity contribution in [2.24, 2.45) is 0 Å². The molecule has 6 heteroatoms. The predicted molar refractivity (Wildman–Crippen MR) is 78.7 cm³/mol. The van der Waals surface area contributed by atoms with Crippen molar-refractivity contribution in [3.8, 4) is 0 Å². The Labute approximate surface area is 118 Å². The lowest BCUT2D eigenvalue weighted by Crippen LogP contribution is -2.42. The van der Waals surface area contributed by atoms with Crippen LogP contribution in [0.3, 0.4) is 0 Å². The van der Waals surface area contributed by atoms with Gasteiger partial charge < -0.3 is 19.9 Å². The maximum atomic E-state index is 5.99. The summed E-state index contributed by atoms with van der Waals surface area (Å²) in [5.41, 5.74) is 9.24. The van der Waals surface area contributed by atoms with Crippen molar-refractivity contribution in [1.82, 2.24) is 19.4 Å². The van der Waals surface area contributed by atoms with Gasteiger partial charge in [0, 0.05) is 18.8 Å². The van der Waals surface area contributed by atoms with E-state index in [9.17, 15) is 0 Å². The summed E-state index contributed by atoms with van der Waals surface area (Å²) in [6.07, 6.45) is 1.72. The summed E-state index contributed by atoms with van der Waals surface area (Å²) in [5.74, 6) is 0.552. The molecule has 1 unspecified atom stereocenters. The summed E-state index contributed by atoms with van der Waals surface area (Å²) in [6.45, 7) is 7.70. The third-order valence-corrected chi connectivity index (χ3v) is 4.16. The molecule has 0 bridgehead atoms. The number of aryl methyl sites for hydroxylation is 1. The average molecular weight is 275 g/mol. The molecule has 0 saturated carbocycles. The summed E-state index contributed by atoms with van der Waals surface area (Å²) < 4.78 is 8.06. The molecule has 1 saturated heterocycles. The smallest absolute Gasteiger partial charge is 0.146 e. The summed E-state index contributed by atoms with van der Waals surface area (Å²) >= 11 is 0. The zero-order valence-electron chi connectivity index (χ0n) is 12.3. The molecule has 0 radical (unpaired) electrons. The van der Waals surface area contributed by atoms with Crippen molar-refractivity contribution >= 4 is 16.9 Å². The van der Waals surface area contributed by atoms with Gasteiger partial charge in [-0.25, -0.2) is 9.97 Å². The Bertz CT molecular complexity index is 636. The van der Waals surface area contributed by atoms with E-state index in [1.165, 1.54) is 12.0 Å². The highest BCUT2D eigenvalue weighted by atomic mass is 16.5. The predicted octanol–water partition coefficient (Wildman–Crippen LogP) is 0.961. The van der Waals surface area contributed by atoms with Gasteiger partial charge in [0.2, 0.25) is 0 Å². The van der Waals surface area contributed by atoms with Crippen LogP contribution in [0.5, 0.6) is 0 Å². The molecule has 3 heterocycles. The van der Waals surface area contributed by atoms with E-state index in [0.717, 1.165) is 42.8 Å². The molecule has 2 N–H and O–H groups in total. The molecule has 2 aromatic heterocycles. The molecule has 0 aliphatic carbocycles. The van der Waals surface area contributed by atoms with Gasteiger partial charge >= 0.3 is 0 Å². The summed E-state index contributed by atoms with van der Waals surface area (Å²) in [6, 6.07) is 0. The number of aromatic nitrogens is 3. The molecule has 0 spiro atoms. The number of rotatable bonds is 2. The van der Waals surface area contributed by atoms with Crippen molar-refractivity contribution in [3.05, 3.63) is 17.6 Å². The first-order chi connectivity index (χ1) is 9.58. The minimum absolute atomic E-state index is 0.193. The highest BCUT2D eigenvalue weighted by Gasteiger charge is 2.22. The zero-order chi connectivity index (χ0) is 14.3. The largest absolute Gasteiger partial charge is 0.383 e. The highest BCUT2D eigenvalue weighted by Crippen LogP contribution is 2.27. The first kappa shape index (κ1) is 13.3. The Balaban J connectivity index is 1.99. The van der Waals surface area contributed by atoms with Gasteiger partial charge in [-0.1, -0.05) is 0 Å². The number of likely N-dealkylation sites (N-methyl/N-ethyl adjacent to an activating group) is 1. The molecule has 3 rings (SSSR count). The van der Waals surface area contributed by atoms with Gasteiger partial charge in [-0.15, -0.1) is 0 Å². The van der Waals surface area contributed by atoms with Crippen molar-refractivity contribution in [1.29, 1.82) is 0 Å². The highest BCUT2D eigenvalue weighted by molar-refractivity contribution is 5.90. The van der Waals surface area contributed by atoms with Crippen LogP contribution in [0.2, 0.25) is 0 Å². The molecule has 1 fully saturated rings. The molecule has 2 aromatic rings. The van der Waals surface area contributed by atoms with Crippen LogP contribution < -0.4 is 5.73 Å². The Morgan fingerprint density at radius 3 is 2.95 bits per heavy atom. The molecule has 0 amide bonds. The third kappa shape index (κ3) is 2.14. The van der Waals surface area contributed by atoms with Crippen molar-refractivity contribution < 1.29 is 4.74 Å². The fraction of sp³-hybridized carbons (Fsp3) is 0.571. The van der Waals surface area contributed by atoms with E-state index >= 15 is 0 Å². The van der Waals surface area contributed by atoms with Crippen LogP contribution in [0, 0.1) is 13.8 Å². The van der Waals surface area contributed by atoms with E-state index in [-0.39, 0.29) is 6.10 Å². The number of nitrogens with zero attached hydrogens (tertiary/aromatic N) is 4. The van der Waals surface area contributed by atoms with Crippen LogP contribution >= 0.6 is 0 Å². The molecule has 1 aliphatic heterocycles. The molecule has 0 aromatic carbocycles. The van der Waals surface area contributed by atoms with Crippen molar-refractivity contribution in [3.63, 3.8) is 0 Å². The van der Waals surface area contributed by atoms with E-state index in [1.54, 1.807) is 0 Å². The van der Waals surface area contributed by atoms with Gasteiger partial charge in [-0.05, 0) is 26.5 Å². The fourth-order valence-corrected chi connectivity index (χ4v) is 2.90. The molecular formula is C14H21N5O. The van der Waals surface area contributed by atoms with E-state index in [1.807, 2.05) is 0 Å². The molecule has 6 nitrogen and oxygen atoms in total. The number of anilines is 1. The number of hydrogen-bond donors (Lipinski definition) is 1. The minimum atomic E-state index is 0.193. The number of morpholine rings is 1. The van der Waals surface area contributed by atoms with E-state index in [0.29, 0.717) is 5.82 Å². The standard InChI is InChI=1S/C14H21N5O/c1-9-10(2)19(7-11-6-18(3)4-5-20-11)14-12(9)13(15)16-8-17-14/h8,11H,4-7H2,1-3H3,(H2,15,16,17). The first-order valence-corrected chi connectivity index (χ1v) is 6.94. The monoisotopic (exact) mass is 275 g/mol. The second-order valence-corrected chi connectivity index (χ2v) is 5.53.